The highest BCUT2D eigenvalue weighted by Crippen LogP contribution is 2.35. The molecule has 2 aromatic rings. The molecule has 3 rings (SSSR count). The maximum absolute atomic E-state index is 12.8. The molecule has 0 aromatic heterocycles. The summed E-state index contributed by atoms with van der Waals surface area (Å²) in [6.07, 6.45) is 0.861. The number of nitrogens with one attached hydrogen (secondary N) is 1. The highest BCUT2D eigenvalue weighted by molar-refractivity contribution is 6.31. The summed E-state index contributed by atoms with van der Waals surface area (Å²) in [6.45, 7) is 3.77. The molecule has 4 nitrogen and oxygen atoms in total. The minimum Gasteiger partial charge on any atom is -0.497 e. The number of hydrogen-bond acceptors (Lipinski definition) is 4. The lowest BCUT2D eigenvalue weighted by molar-refractivity contribution is -0.143. The number of benzene rings is 2. The summed E-state index contributed by atoms with van der Waals surface area (Å²) in [5.74, 6) is 0.0331. The standard InChI is InChI=1S/C20H22ClNO3/c1-3-25-20(23)19(13-4-6-14(24-2)7-5-13)16-8-9-18(21)15-10-11-22-12-17(15)16/h4-9,19,22H,3,10-12H2,1-2H3. The molecule has 132 valence electrons. The number of fused-ring (bicyclic) bond motifs is 1. The zero-order chi connectivity index (χ0) is 17.8. The molecule has 1 heterocycles. The lowest BCUT2D eigenvalue weighted by atomic mass is 9.84. The van der Waals surface area contributed by atoms with Gasteiger partial charge in [0.05, 0.1) is 13.7 Å². The van der Waals surface area contributed by atoms with Gasteiger partial charge in [0.25, 0.3) is 0 Å². The Bertz CT molecular complexity index is 758. The summed E-state index contributed by atoms with van der Waals surface area (Å²) in [4.78, 5) is 12.8. The number of carbonyl (C=O) groups excluding carboxylic acids is 1. The predicted molar refractivity (Wildman–Crippen MR) is 98.3 cm³/mol. The fourth-order valence-corrected chi connectivity index (χ4v) is 3.59. The van der Waals surface area contributed by atoms with E-state index in [0.29, 0.717) is 13.2 Å². The van der Waals surface area contributed by atoms with Crippen LogP contribution in [0.15, 0.2) is 36.4 Å². The molecule has 0 saturated carbocycles. The van der Waals surface area contributed by atoms with Gasteiger partial charge < -0.3 is 14.8 Å². The van der Waals surface area contributed by atoms with E-state index in [1.54, 1.807) is 7.11 Å². The van der Waals surface area contributed by atoms with Gasteiger partial charge in [0.2, 0.25) is 0 Å². The molecular formula is C20H22ClNO3. The zero-order valence-corrected chi connectivity index (χ0v) is 15.2. The summed E-state index contributed by atoms with van der Waals surface area (Å²) < 4.78 is 10.6. The molecule has 1 unspecified atom stereocenters. The van der Waals surface area contributed by atoms with Crippen molar-refractivity contribution in [1.29, 1.82) is 0 Å². The Kier molecular flexibility index (Phi) is 5.61. The Labute approximate surface area is 153 Å². The molecule has 0 saturated heterocycles. The van der Waals surface area contributed by atoms with Gasteiger partial charge in [-0.25, -0.2) is 0 Å². The van der Waals surface area contributed by atoms with Crippen molar-refractivity contribution in [2.45, 2.75) is 25.8 Å². The van der Waals surface area contributed by atoms with Crippen LogP contribution in [-0.2, 0) is 22.5 Å². The van der Waals surface area contributed by atoms with Crippen molar-refractivity contribution in [1.82, 2.24) is 5.32 Å². The van der Waals surface area contributed by atoms with Gasteiger partial charge in [-0.3, -0.25) is 4.79 Å². The van der Waals surface area contributed by atoms with Gasteiger partial charge in [0, 0.05) is 11.6 Å². The minimum atomic E-state index is -0.475. The van der Waals surface area contributed by atoms with E-state index in [2.05, 4.69) is 5.32 Å². The number of halogens is 1. The average molecular weight is 360 g/mol. The molecule has 0 aliphatic carbocycles. The predicted octanol–water partition coefficient (Wildman–Crippen LogP) is 3.69. The zero-order valence-electron chi connectivity index (χ0n) is 14.5. The van der Waals surface area contributed by atoms with Crippen LogP contribution in [-0.4, -0.2) is 26.2 Å². The van der Waals surface area contributed by atoms with E-state index in [1.807, 2.05) is 43.3 Å². The van der Waals surface area contributed by atoms with E-state index in [1.165, 1.54) is 0 Å². The number of carbonyl (C=O) groups is 1. The van der Waals surface area contributed by atoms with E-state index in [4.69, 9.17) is 21.1 Å². The van der Waals surface area contributed by atoms with Gasteiger partial charge in [-0.15, -0.1) is 0 Å². The van der Waals surface area contributed by atoms with Gasteiger partial charge in [-0.1, -0.05) is 29.8 Å². The molecule has 0 fully saturated rings. The SMILES string of the molecule is CCOC(=O)C(c1ccc(OC)cc1)c1ccc(Cl)c2c1CNCC2. The van der Waals surface area contributed by atoms with Crippen molar-refractivity contribution in [3.05, 3.63) is 63.7 Å². The summed E-state index contributed by atoms with van der Waals surface area (Å²) in [7, 11) is 1.62. The average Bonchev–Trinajstić information content (AvgIpc) is 2.65. The summed E-state index contributed by atoms with van der Waals surface area (Å²) in [5, 5.41) is 4.13. The van der Waals surface area contributed by atoms with E-state index < -0.39 is 5.92 Å². The van der Waals surface area contributed by atoms with E-state index >= 15 is 0 Å². The molecule has 1 atom stereocenters. The first-order valence-electron chi connectivity index (χ1n) is 8.47. The molecular weight excluding hydrogens is 338 g/mol. The van der Waals surface area contributed by atoms with Gasteiger partial charge in [0.15, 0.2) is 0 Å². The third kappa shape index (κ3) is 3.65. The first-order chi connectivity index (χ1) is 12.2. The fourth-order valence-electron chi connectivity index (χ4n) is 3.32. The molecule has 1 N–H and O–H groups in total. The van der Waals surface area contributed by atoms with Gasteiger partial charge in [0.1, 0.15) is 11.7 Å². The van der Waals surface area contributed by atoms with Gasteiger partial charge in [-0.2, -0.15) is 0 Å². The summed E-state index contributed by atoms with van der Waals surface area (Å²) in [5.41, 5.74) is 4.07. The van der Waals surface area contributed by atoms with E-state index in [0.717, 1.165) is 46.0 Å². The van der Waals surface area contributed by atoms with Crippen LogP contribution in [0.2, 0.25) is 5.02 Å². The van der Waals surface area contributed by atoms with E-state index in [9.17, 15) is 4.79 Å². The lowest BCUT2D eigenvalue weighted by Crippen LogP contribution is -2.27. The molecule has 0 radical (unpaired) electrons. The second-order valence-corrected chi connectivity index (χ2v) is 6.39. The van der Waals surface area contributed by atoms with Crippen LogP contribution in [0.25, 0.3) is 0 Å². The summed E-state index contributed by atoms with van der Waals surface area (Å²) >= 11 is 6.38. The van der Waals surface area contributed by atoms with Crippen molar-refractivity contribution in [3.63, 3.8) is 0 Å². The van der Waals surface area contributed by atoms with Gasteiger partial charge >= 0.3 is 5.97 Å². The first kappa shape index (κ1) is 17.8. The van der Waals surface area contributed by atoms with Crippen LogP contribution in [0, 0.1) is 0 Å². The quantitative estimate of drug-likeness (QED) is 0.827. The van der Waals surface area contributed by atoms with Crippen molar-refractivity contribution >= 4 is 17.6 Å². The highest BCUT2D eigenvalue weighted by Gasteiger charge is 2.29. The van der Waals surface area contributed by atoms with Crippen LogP contribution in [0.4, 0.5) is 0 Å². The van der Waals surface area contributed by atoms with Crippen LogP contribution in [0.3, 0.4) is 0 Å². The maximum atomic E-state index is 12.8. The molecule has 5 heteroatoms. The van der Waals surface area contributed by atoms with Crippen molar-refractivity contribution < 1.29 is 14.3 Å². The summed E-state index contributed by atoms with van der Waals surface area (Å²) in [6, 6.07) is 11.4. The number of esters is 1. The van der Waals surface area contributed by atoms with Crippen LogP contribution in [0.5, 0.6) is 5.75 Å². The Morgan fingerprint density at radius 1 is 1.20 bits per heavy atom. The van der Waals surface area contributed by atoms with Crippen LogP contribution < -0.4 is 10.1 Å². The Balaban J connectivity index is 2.10. The van der Waals surface area contributed by atoms with E-state index in [-0.39, 0.29) is 5.97 Å². The maximum Gasteiger partial charge on any atom is 0.317 e. The lowest BCUT2D eigenvalue weighted by Gasteiger charge is -2.26. The van der Waals surface area contributed by atoms with Crippen LogP contribution in [0.1, 0.15) is 35.1 Å². The monoisotopic (exact) mass is 359 g/mol. The molecule has 0 amide bonds. The molecule has 0 spiro atoms. The Hall–Kier alpha value is -2.04. The third-order valence-corrected chi connectivity index (χ3v) is 4.90. The number of ether oxygens (including phenoxy) is 2. The topological polar surface area (TPSA) is 47.6 Å². The molecule has 0 bridgehead atoms. The smallest absolute Gasteiger partial charge is 0.317 e. The molecule has 25 heavy (non-hydrogen) atoms. The normalized spacial score (nSPS) is 14.5. The number of rotatable bonds is 5. The number of methoxy groups -OCH3 is 1. The minimum absolute atomic E-state index is 0.247. The molecule has 2 aromatic carbocycles. The fraction of sp³-hybridized carbons (Fsp3) is 0.350. The van der Waals surface area contributed by atoms with Gasteiger partial charge in [-0.05, 0) is 60.3 Å². The largest absolute Gasteiger partial charge is 0.497 e. The molecule has 1 aliphatic heterocycles. The van der Waals surface area contributed by atoms with Crippen molar-refractivity contribution in [2.24, 2.45) is 0 Å². The van der Waals surface area contributed by atoms with Crippen molar-refractivity contribution in [2.75, 3.05) is 20.3 Å². The Morgan fingerprint density at radius 2 is 1.96 bits per heavy atom. The third-order valence-electron chi connectivity index (χ3n) is 4.55. The molecule has 1 aliphatic rings. The highest BCUT2D eigenvalue weighted by atomic mass is 35.5. The second kappa shape index (κ2) is 7.89. The van der Waals surface area contributed by atoms with Crippen LogP contribution >= 0.6 is 11.6 Å². The second-order valence-electron chi connectivity index (χ2n) is 5.98. The van der Waals surface area contributed by atoms with Crippen molar-refractivity contribution in [3.8, 4) is 5.75 Å². The first-order valence-corrected chi connectivity index (χ1v) is 8.85. The Morgan fingerprint density at radius 3 is 2.64 bits per heavy atom. The number of hydrogen-bond donors (Lipinski definition) is 1.